The number of likely N-dealkylation sites (tertiary alicyclic amines) is 1. The quantitative estimate of drug-likeness (QED) is 0.851. The Hall–Kier alpha value is -3.09. The molecule has 1 atom stereocenters. The summed E-state index contributed by atoms with van der Waals surface area (Å²) in [5.41, 5.74) is 0.433. The van der Waals surface area contributed by atoms with Gasteiger partial charge < -0.3 is 19.9 Å². The smallest absolute Gasteiger partial charge is 0.323 e. The van der Waals surface area contributed by atoms with Crippen LogP contribution in [0.15, 0.2) is 53.5 Å². The number of nitrogens with one attached hydrogen (secondary N) is 1. The van der Waals surface area contributed by atoms with Crippen molar-refractivity contribution in [1.82, 2.24) is 9.47 Å². The molecule has 0 spiro atoms. The van der Waals surface area contributed by atoms with Crippen molar-refractivity contribution in [3.05, 3.63) is 64.6 Å². The maximum absolute atomic E-state index is 12.8. The molecule has 0 aliphatic carbocycles. The Morgan fingerprint density at radius 3 is 2.65 bits per heavy atom. The predicted molar refractivity (Wildman–Crippen MR) is 97.3 cm³/mol. The Kier molecular flexibility index (Phi) is 5.36. The molecule has 0 bridgehead atoms. The summed E-state index contributed by atoms with van der Waals surface area (Å²) in [7, 11) is 0. The van der Waals surface area contributed by atoms with E-state index >= 15 is 0 Å². The third-order valence-corrected chi connectivity index (χ3v) is 4.41. The molecule has 136 valence electrons. The summed E-state index contributed by atoms with van der Waals surface area (Å²) < 4.78 is 1.04. The Balaban J connectivity index is 1.73. The van der Waals surface area contributed by atoms with Gasteiger partial charge in [0.15, 0.2) is 0 Å². The monoisotopic (exact) mass is 355 g/mol. The van der Waals surface area contributed by atoms with E-state index in [2.05, 4.69) is 5.32 Å². The van der Waals surface area contributed by atoms with E-state index in [4.69, 9.17) is 5.11 Å². The number of carboxylic acids is 1. The molecule has 7 heteroatoms. The number of aliphatic carboxylic acids is 1. The lowest BCUT2D eigenvalue weighted by molar-refractivity contribution is -0.137. The fraction of sp³-hybridized carbons (Fsp3) is 0.316. The lowest BCUT2D eigenvalue weighted by atomic mass is 10.0. The number of carbonyl (C=O) groups excluding carboxylic acids is 1. The summed E-state index contributed by atoms with van der Waals surface area (Å²) in [6.45, 7) is 0.623. The van der Waals surface area contributed by atoms with Gasteiger partial charge in [-0.1, -0.05) is 18.2 Å². The maximum Gasteiger partial charge on any atom is 0.323 e. The van der Waals surface area contributed by atoms with Gasteiger partial charge in [0, 0.05) is 31.0 Å². The number of rotatable bonds is 5. The second kappa shape index (κ2) is 7.86. The molecular formula is C19H21N3O4. The van der Waals surface area contributed by atoms with Crippen molar-refractivity contribution >= 4 is 17.6 Å². The lowest BCUT2D eigenvalue weighted by Crippen LogP contribution is -2.46. The van der Waals surface area contributed by atoms with Crippen LogP contribution in [0.5, 0.6) is 0 Å². The topological polar surface area (TPSA) is 91.6 Å². The first-order valence-electron chi connectivity index (χ1n) is 8.56. The van der Waals surface area contributed by atoms with E-state index in [1.165, 1.54) is 18.3 Å². The number of para-hydroxylation sites is 1. The molecule has 0 radical (unpaired) electrons. The Morgan fingerprint density at radius 1 is 1.15 bits per heavy atom. The van der Waals surface area contributed by atoms with E-state index < -0.39 is 18.1 Å². The minimum absolute atomic E-state index is 0.00844. The molecule has 0 saturated carbocycles. The molecule has 26 heavy (non-hydrogen) atoms. The Morgan fingerprint density at radius 2 is 1.92 bits per heavy atom. The molecule has 7 nitrogen and oxygen atoms in total. The molecule has 1 aliphatic heterocycles. The number of carbonyl (C=O) groups is 2. The molecule has 2 heterocycles. The third kappa shape index (κ3) is 4.11. The highest BCUT2D eigenvalue weighted by Gasteiger charge is 2.26. The van der Waals surface area contributed by atoms with Crippen molar-refractivity contribution in [2.24, 2.45) is 0 Å². The van der Waals surface area contributed by atoms with Gasteiger partial charge in [0.1, 0.15) is 12.1 Å². The summed E-state index contributed by atoms with van der Waals surface area (Å²) >= 11 is 0. The molecule has 2 aromatic rings. The van der Waals surface area contributed by atoms with Crippen LogP contribution in [0.3, 0.4) is 0 Å². The van der Waals surface area contributed by atoms with Gasteiger partial charge in [0.25, 0.3) is 11.5 Å². The van der Waals surface area contributed by atoms with Crippen LogP contribution < -0.4 is 10.9 Å². The number of anilines is 1. The predicted octanol–water partition coefficient (Wildman–Crippen LogP) is 1.65. The summed E-state index contributed by atoms with van der Waals surface area (Å²) in [4.78, 5) is 37.7. The SMILES string of the molecule is O=C(O)Cn1cccc(C(=O)N2CCCC(Nc3ccccc3)C2)c1=O. The van der Waals surface area contributed by atoms with E-state index in [0.29, 0.717) is 13.1 Å². The number of nitrogens with zero attached hydrogens (tertiary/aromatic N) is 2. The zero-order chi connectivity index (χ0) is 18.5. The third-order valence-electron chi connectivity index (χ3n) is 4.41. The van der Waals surface area contributed by atoms with Crippen LogP contribution in [0.25, 0.3) is 0 Å². The first kappa shape index (κ1) is 17.7. The maximum atomic E-state index is 12.8. The van der Waals surface area contributed by atoms with E-state index in [1.807, 2.05) is 30.3 Å². The molecule has 1 aromatic heterocycles. The van der Waals surface area contributed by atoms with Crippen LogP contribution >= 0.6 is 0 Å². The van der Waals surface area contributed by atoms with E-state index in [0.717, 1.165) is 23.1 Å². The average Bonchev–Trinajstić information content (AvgIpc) is 2.64. The highest BCUT2D eigenvalue weighted by molar-refractivity contribution is 5.94. The van der Waals surface area contributed by atoms with Gasteiger partial charge >= 0.3 is 5.97 Å². The van der Waals surface area contributed by atoms with E-state index in [9.17, 15) is 14.4 Å². The summed E-state index contributed by atoms with van der Waals surface area (Å²) in [5.74, 6) is -1.48. The summed E-state index contributed by atoms with van der Waals surface area (Å²) in [6.07, 6.45) is 3.16. The van der Waals surface area contributed by atoms with Gasteiger partial charge in [0.05, 0.1) is 0 Å². The summed E-state index contributed by atoms with van der Waals surface area (Å²) in [6, 6.07) is 12.9. The normalized spacial score (nSPS) is 16.9. The number of hydrogen-bond acceptors (Lipinski definition) is 4. The van der Waals surface area contributed by atoms with Crippen molar-refractivity contribution in [2.45, 2.75) is 25.4 Å². The molecule has 3 rings (SSSR count). The van der Waals surface area contributed by atoms with Gasteiger partial charge in [-0.3, -0.25) is 14.4 Å². The average molecular weight is 355 g/mol. The minimum Gasteiger partial charge on any atom is -0.480 e. The number of amides is 1. The summed E-state index contributed by atoms with van der Waals surface area (Å²) in [5, 5.41) is 12.3. The largest absolute Gasteiger partial charge is 0.480 e. The van der Waals surface area contributed by atoms with Gasteiger partial charge in [-0.2, -0.15) is 0 Å². The lowest BCUT2D eigenvalue weighted by Gasteiger charge is -2.33. The second-order valence-electron chi connectivity index (χ2n) is 6.35. The van der Waals surface area contributed by atoms with Crippen LogP contribution in [0.1, 0.15) is 23.2 Å². The standard InChI is InChI=1S/C19H21N3O4/c23-17(24)13-22-11-5-9-16(19(22)26)18(25)21-10-4-8-15(12-21)20-14-6-2-1-3-7-14/h1-3,5-7,9,11,15,20H,4,8,10,12-13H2,(H,23,24). The van der Waals surface area contributed by atoms with Crippen LogP contribution in [0.2, 0.25) is 0 Å². The molecule has 1 fully saturated rings. The van der Waals surface area contributed by atoms with E-state index in [1.54, 1.807) is 4.90 Å². The molecule has 1 saturated heterocycles. The molecule has 1 unspecified atom stereocenters. The number of hydrogen-bond donors (Lipinski definition) is 2. The first-order valence-corrected chi connectivity index (χ1v) is 8.56. The van der Waals surface area contributed by atoms with Gasteiger partial charge in [-0.05, 0) is 37.1 Å². The van der Waals surface area contributed by atoms with Crippen LogP contribution in [-0.2, 0) is 11.3 Å². The number of benzene rings is 1. The van der Waals surface area contributed by atoms with Crippen LogP contribution in [0, 0.1) is 0 Å². The molecule has 1 aliphatic rings. The number of aromatic nitrogens is 1. The van der Waals surface area contributed by atoms with Gasteiger partial charge in [0.2, 0.25) is 0 Å². The Bertz CT molecular complexity index is 847. The fourth-order valence-electron chi connectivity index (χ4n) is 3.19. The van der Waals surface area contributed by atoms with E-state index in [-0.39, 0.29) is 17.5 Å². The molecule has 2 N–H and O–H groups in total. The Labute approximate surface area is 150 Å². The van der Waals surface area contributed by atoms with Crippen LogP contribution in [0.4, 0.5) is 5.69 Å². The highest BCUT2D eigenvalue weighted by atomic mass is 16.4. The van der Waals surface area contributed by atoms with Crippen molar-refractivity contribution in [3.8, 4) is 0 Å². The van der Waals surface area contributed by atoms with Crippen molar-refractivity contribution < 1.29 is 14.7 Å². The number of pyridine rings is 1. The van der Waals surface area contributed by atoms with Crippen molar-refractivity contribution in [2.75, 3.05) is 18.4 Å². The zero-order valence-corrected chi connectivity index (χ0v) is 14.3. The second-order valence-corrected chi connectivity index (χ2v) is 6.35. The van der Waals surface area contributed by atoms with Crippen molar-refractivity contribution in [3.63, 3.8) is 0 Å². The van der Waals surface area contributed by atoms with Gasteiger partial charge in [-0.15, -0.1) is 0 Å². The minimum atomic E-state index is -1.12. The van der Waals surface area contributed by atoms with Crippen LogP contribution in [-0.4, -0.2) is 45.6 Å². The number of piperidine rings is 1. The first-order chi connectivity index (χ1) is 12.5. The molecular weight excluding hydrogens is 334 g/mol. The highest BCUT2D eigenvalue weighted by Crippen LogP contribution is 2.17. The molecule has 1 amide bonds. The zero-order valence-electron chi connectivity index (χ0n) is 14.3. The van der Waals surface area contributed by atoms with Crippen molar-refractivity contribution in [1.29, 1.82) is 0 Å². The number of carboxylic acid groups (broad SMARTS) is 1. The fourth-order valence-corrected chi connectivity index (χ4v) is 3.19. The molecule has 1 aromatic carbocycles. The van der Waals surface area contributed by atoms with Gasteiger partial charge in [-0.25, -0.2) is 0 Å².